The van der Waals surface area contributed by atoms with Crippen LogP contribution in [0.4, 0.5) is 0 Å². The monoisotopic (exact) mass is 513 g/mol. The van der Waals surface area contributed by atoms with Gasteiger partial charge in [0.15, 0.2) is 10.4 Å². The molecule has 1 fully saturated rings. The van der Waals surface area contributed by atoms with E-state index in [-0.39, 0.29) is 18.2 Å². The van der Waals surface area contributed by atoms with Crippen LogP contribution >= 0.6 is 32.9 Å². The SMILES string of the molecule is C=C(C)C(C(=O)OC)N1C(=O)C(NC(=O)Cc2ccccc2)C1SSc1nc2ccccc2s1. The highest BCUT2D eigenvalue weighted by Gasteiger charge is 2.54. The largest absolute Gasteiger partial charge is 0.467 e. The summed E-state index contributed by atoms with van der Waals surface area (Å²) < 4.78 is 6.81. The van der Waals surface area contributed by atoms with Crippen LogP contribution in [0.3, 0.4) is 0 Å². The lowest BCUT2D eigenvalue weighted by atomic mass is 9.99. The number of rotatable bonds is 9. The summed E-state index contributed by atoms with van der Waals surface area (Å²) in [5.41, 5.74) is 2.25. The van der Waals surface area contributed by atoms with Crippen LogP contribution in [0.2, 0.25) is 0 Å². The number of para-hydroxylation sites is 1. The molecule has 0 radical (unpaired) electrons. The molecule has 1 N–H and O–H groups in total. The van der Waals surface area contributed by atoms with Crippen molar-refractivity contribution in [2.45, 2.75) is 35.1 Å². The van der Waals surface area contributed by atoms with Crippen molar-refractivity contribution in [1.29, 1.82) is 0 Å². The predicted octanol–water partition coefficient (Wildman–Crippen LogP) is 4.05. The number of amides is 2. The second kappa shape index (κ2) is 10.6. The number of carbonyl (C=O) groups is 3. The number of hydrogen-bond acceptors (Lipinski definition) is 8. The first kappa shape index (κ1) is 24.3. The first-order valence-electron chi connectivity index (χ1n) is 10.5. The van der Waals surface area contributed by atoms with Crippen molar-refractivity contribution in [1.82, 2.24) is 15.2 Å². The Morgan fingerprint density at radius 1 is 1.21 bits per heavy atom. The van der Waals surface area contributed by atoms with Crippen LogP contribution in [0, 0.1) is 0 Å². The minimum absolute atomic E-state index is 0.161. The van der Waals surface area contributed by atoms with Crippen LogP contribution in [0.5, 0.6) is 0 Å². The Morgan fingerprint density at radius 2 is 1.91 bits per heavy atom. The molecule has 7 nitrogen and oxygen atoms in total. The Bertz CT molecular complexity index is 1200. The van der Waals surface area contributed by atoms with Gasteiger partial charge in [0.2, 0.25) is 11.8 Å². The van der Waals surface area contributed by atoms with Gasteiger partial charge in [0, 0.05) is 0 Å². The van der Waals surface area contributed by atoms with Crippen LogP contribution in [0.15, 0.2) is 71.1 Å². The molecule has 4 rings (SSSR count). The molecule has 3 aromatic rings. The van der Waals surface area contributed by atoms with Crippen LogP contribution in [-0.2, 0) is 25.5 Å². The summed E-state index contributed by atoms with van der Waals surface area (Å²) in [6, 6.07) is 15.5. The number of β-lactam (4-membered cyclic amide) rings is 1. The summed E-state index contributed by atoms with van der Waals surface area (Å²) in [4.78, 5) is 44.3. The molecule has 2 aromatic carbocycles. The molecule has 2 amide bonds. The minimum Gasteiger partial charge on any atom is -0.467 e. The second-order valence-corrected chi connectivity index (χ2v) is 11.3. The van der Waals surface area contributed by atoms with Gasteiger partial charge in [0.05, 0.1) is 23.7 Å². The van der Waals surface area contributed by atoms with Gasteiger partial charge in [0.1, 0.15) is 11.4 Å². The highest BCUT2D eigenvalue weighted by molar-refractivity contribution is 8.77. The van der Waals surface area contributed by atoms with Crippen molar-refractivity contribution in [3.63, 3.8) is 0 Å². The molecule has 1 aromatic heterocycles. The fourth-order valence-electron chi connectivity index (χ4n) is 3.64. The van der Waals surface area contributed by atoms with Gasteiger partial charge in [-0.2, -0.15) is 0 Å². The van der Waals surface area contributed by atoms with E-state index in [2.05, 4.69) is 16.9 Å². The Labute approximate surface area is 209 Å². The molecule has 1 saturated heterocycles. The number of nitrogens with zero attached hydrogens (tertiary/aromatic N) is 2. The van der Waals surface area contributed by atoms with Gasteiger partial charge in [-0.25, -0.2) is 9.78 Å². The molecule has 1 aliphatic heterocycles. The number of hydrogen-bond donors (Lipinski definition) is 1. The number of methoxy groups -OCH3 is 1. The van der Waals surface area contributed by atoms with Crippen LogP contribution in [-0.4, -0.2) is 52.2 Å². The quantitative estimate of drug-likeness (QED) is 0.200. The van der Waals surface area contributed by atoms with Gasteiger partial charge in [-0.05, 0) is 41.0 Å². The van der Waals surface area contributed by atoms with E-state index < -0.39 is 23.4 Å². The summed E-state index contributed by atoms with van der Waals surface area (Å²) in [6.45, 7) is 5.56. The van der Waals surface area contributed by atoms with Gasteiger partial charge in [-0.3, -0.25) is 9.59 Å². The number of nitrogens with one attached hydrogen (secondary N) is 1. The molecule has 176 valence electrons. The highest BCUT2D eigenvalue weighted by Crippen LogP contribution is 2.45. The van der Waals surface area contributed by atoms with E-state index in [0.29, 0.717) is 5.57 Å². The molecule has 3 unspecified atom stereocenters. The summed E-state index contributed by atoms with van der Waals surface area (Å²) in [7, 11) is 4.07. The fraction of sp³-hybridized carbons (Fsp3) is 0.250. The molecule has 2 heterocycles. The topological polar surface area (TPSA) is 88.6 Å². The summed E-state index contributed by atoms with van der Waals surface area (Å²) >= 11 is 1.55. The van der Waals surface area contributed by atoms with E-state index in [9.17, 15) is 14.4 Å². The van der Waals surface area contributed by atoms with Gasteiger partial charge in [0.25, 0.3) is 0 Å². The Kier molecular flexibility index (Phi) is 7.60. The van der Waals surface area contributed by atoms with E-state index >= 15 is 0 Å². The van der Waals surface area contributed by atoms with Gasteiger partial charge in [-0.15, -0.1) is 11.3 Å². The van der Waals surface area contributed by atoms with Gasteiger partial charge < -0.3 is 15.0 Å². The van der Waals surface area contributed by atoms with Crippen LogP contribution in [0.25, 0.3) is 10.2 Å². The Balaban J connectivity index is 1.52. The van der Waals surface area contributed by atoms with Crippen molar-refractivity contribution in [3.8, 4) is 0 Å². The summed E-state index contributed by atoms with van der Waals surface area (Å²) in [5.74, 6) is -1.17. The number of carbonyl (C=O) groups excluding carboxylic acids is 3. The van der Waals surface area contributed by atoms with Crippen molar-refractivity contribution >= 4 is 60.9 Å². The summed E-state index contributed by atoms with van der Waals surface area (Å²) in [5, 5.41) is 2.35. The molecule has 1 aliphatic rings. The third-order valence-corrected chi connectivity index (χ3v) is 9.29. The smallest absolute Gasteiger partial charge is 0.332 e. The zero-order valence-electron chi connectivity index (χ0n) is 18.6. The van der Waals surface area contributed by atoms with E-state index in [1.165, 1.54) is 33.6 Å². The number of esters is 1. The first-order chi connectivity index (χ1) is 16.4. The fourth-order valence-corrected chi connectivity index (χ4v) is 7.60. The lowest BCUT2D eigenvalue weighted by Crippen LogP contribution is -2.73. The van der Waals surface area contributed by atoms with E-state index in [4.69, 9.17) is 4.74 Å². The highest BCUT2D eigenvalue weighted by atomic mass is 33.1. The molecule has 10 heteroatoms. The Morgan fingerprint density at radius 3 is 2.59 bits per heavy atom. The van der Waals surface area contributed by atoms with Crippen LogP contribution in [0.1, 0.15) is 12.5 Å². The maximum absolute atomic E-state index is 13.1. The van der Waals surface area contributed by atoms with E-state index in [0.717, 1.165) is 20.1 Å². The number of ether oxygens (including phenoxy) is 1. The van der Waals surface area contributed by atoms with Gasteiger partial charge >= 0.3 is 5.97 Å². The number of thiazole rings is 1. The molecule has 0 saturated carbocycles. The standard InChI is InChI=1S/C24H23N3O4S3/c1-14(2)20(23(30)31-3)27-21(29)19(26-18(28)13-15-9-5-4-6-10-15)22(27)33-34-24-25-16-11-7-8-12-17(16)32-24/h4-12,19-20,22H,1,13H2,2-3H3,(H,26,28). The number of likely N-dealkylation sites (tertiary alicyclic amines) is 1. The maximum Gasteiger partial charge on any atom is 0.332 e. The van der Waals surface area contributed by atoms with Crippen LogP contribution < -0.4 is 5.32 Å². The molecular weight excluding hydrogens is 490 g/mol. The third-order valence-electron chi connectivity index (χ3n) is 5.27. The zero-order valence-corrected chi connectivity index (χ0v) is 21.0. The maximum atomic E-state index is 13.1. The van der Waals surface area contributed by atoms with Crippen molar-refractivity contribution in [3.05, 3.63) is 72.3 Å². The second-order valence-electron chi connectivity index (χ2n) is 7.74. The number of benzene rings is 2. The normalized spacial score (nSPS) is 18.3. The molecule has 0 aliphatic carbocycles. The average molecular weight is 514 g/mol. The van der Waals surface area contributed by atoms with E-state index in [1.807, 2.05) is 54.6 Å². The van der Waals surface area contributed by atoms with Crippen molar-refractivity contribution < 1.29 is 19.1 Å². The van der Waals surface area contributed by atoms with Crippen molar-refractivity contribution in [2.24, 2.45) is 0 Å². The zero-order chi connectivity index (χ0) is 24.2. The van der Waals surface area contributed by atoms with Gasteiger partial charge in [-0.1, -0.05) is 59.8 Å². The molecule has 34 heavy (non-hydrogen) atoms. The first-order valence-corrected chi connectivity index (χ1v) is 13.5. The molecule has 3 atom stereocenters. The van der Waals surface area contributed by atoms with Crippen molar-refractivity contribution in [2.75, 3.05) is 7.11 Å². The van der Waals surface area contributed by atoms with E-state index in [1.54, 1.807) is 18.3 Å². The molecular formula is C24H23N3O4S3. The number of aromatic nitrogens is 1. The summed E-state index contributed by atoms with van der Waals surface area (Å²) in [6.07, 6.45) is 0.161. The lowest BCUT2D eigenvalue weighted by molar-refractivity contribution is -0.161. The Hall–Kier alpha value is -2.82. The predicted molar refractivity (Wildman–Crippen MR) is 136 cm³/mol. The minimum atomic E-state index is -0.923. The number of fused-ring (bicyclic) bond motifs is 1. The lowest BCUT2D eigenvalue weighted by Gasteiger charge is -2.49. The third kappa shape index (κ3) is 5.13. The average Bonchev–Trinajstić information content (AvgIpc) is 3.25. The molecule has 0 bridgehead atoms. The molecule has 0 spiro atoms.